The van der Waals surface area contributed by atoms with Crippen molar-refractivity contribution >= 4 is 11.8 Å². The van der Waals surface area contributed by atoms with Gasteiger partial charge >= 0.3 is 0 Å². The van der Waals surface area contributed by atoms with Crippen molar-refractivity contribution in [3.8, 4) is 11.5 Å². The Morgan fingerprint density at radius 1 is 1.19 bits per heavy atom. The van der Waals surface area contributed by atoms with Gasteiger partial charge in [0.15, 0.2) is 0 Å². The van der Waals surface area contributed by atoms with Gasteiger partial charge in [-0.05, 0) is 6.42 Å². The van der Waals surface area contributed by atoms with Crippen LogP contribution in [0.25, 0.3) is 11.5 Å². The largest absolute Gasteiger partial charge is 0.378 e. The molecule has 2 N–H and O–H groups in total. The van der Waals surface area contributed by atoms with E-state index >= 15 is 0 Å². The van der Waals surface area contributed by atoms with E-state index in [9.17, 15) is 0 Å². The predicted octanol–water partition coefficient (Wildman–Crippen LogP) is 1.06. The summed E-state index contributed by atoms with van der Waals surface area (Å²) in [6.07, 6.45) is 5.70. The molecule has 140 valence electrons. The zero-order valence-electron chi connectivity index (χ0n) is 15.1. The minimum Gasteiger partial charge on any atom is -0.378 e. The highest BCUT2D eigenvalue weighted by Crippen LogP contribution is 2.17. The molecular formula is C17H21N9O. The van der Waals surface area contributed by atoms with Crippen molar-refractivity contribution in [2.75, 3.05) is 36.5 Å². The standard InChI is InChI=1S/C17H21N9O/c1-2-12-9-14(23-17(21-12)26-5-7-27-8-6-26)20-11-15-22-16(25-24-15)13-10-18-3-4-19-13/h3-4,9-10H,2,5-8,11H2,1H3,(H,20,21,23)(H,22,24,25). The molecule has 0 aromatic carbocycles. The molecule has 1 saturated heterocycles. The van der Waals surface area contributed by atoms with Gasteiger partial charge in [0.25, 0.3) is 0 Å². The van der Waals surface area contributed by atoms with Crippen LogP contribution in [0.4, 0.5) is 11.8 Å². The van der Waals surface area contributed by atoms with Gasteiger partial charge in [-0.1, -0.05) is 6.92 Å². The van der Waals surface area contributed by atoms with Crippen molar-refractivity contribution in [3.05, 3.63) is 36.2 Å². The molecule has 0 saturated carbocycles. The van der Waals surface area contributed by atoms with E-state index < -0.39 is 0 Å². The molecule has 3 aromatic rings. The van der Waals surface area contributed by atoms with Crippen molar-refractivity contribution in [2.45, 2.75) is 19.9 Å². The van der Waals surface area contributed by atoms with Gasteiger partial charge in [-0.15, -0.1) is 0 Å². The first-order valence-corrected chi connectivity index (χ1v) is 8.94. The SMILES string of the molecule is CCc1cc(NCc2nc(-c3cnccn3)n[nH]2)nc(N2CCOCC2)n1. The number of hydrogen-bond acceptors (Lipinski definition) is 9. The fraction of sp³-hybridized carbons (Fsp3) is 0.412. The monoisotopic (exact) mass is 367 g/mol. The van der Waals surface area contributed by atoms with Crippen molar-refractivity contribution in [1.82, 2.24) is 35.1 Å². The quantitative estimate of drug-likeness (QED) is 0.659. The highest BCUT2D eigenvalue weighted by Gasteiger charge is 2.15. The number of morpholine rings is 1. The first-order chi connectivity index (χ1) is 13.3. The Bertz CT molecular complexity index is 877. The summed E-state index contributed by atoms with van der Waals surface area (Å²) in [5.74, 6) is 2.71. The highest BCUT2D eigenvalue weighted by molar-refractivity contribution is 5.47. The molecule has 4 heterocycles. The van der Waals surface area contributed by atoms with E-state index in [0.29, 0.717) is 37.1 Å². The number of nitrogens with one attached hydrogen (secondary N) is 2. The van der Waals surface area contributed by atoms with Gasteiger partial charge in [0.05, 0.1) is 26.0 Å². The van der Waals surface area contributed by atoms with Crippen molar-refractivity contribution in [1.29, 1.82) is 0 Å². The number of H-pyrrole nitrogens is 1. The topological polar surface area (TPSA) is 118 Å². The van der Waals surface area contributed by atoms with Crippen molar-refractivity contribution in [3.63, 3.8) is 0 Å². The van der Waals surface area contributed by atoms with Crippen LogP contribution in [0.15, 0.2) is 24.7 Å². The number of aryl methyl sites for hydroxylation is 1. The molecule has 10 heteroatoms. The lowest BCUT2D eigenvalue weighted by molar-refractivity contribution is 0.122. The second-order valence-corrected chi connectivity index (χ2v) is 6.05. The van der Waals surface area contributed by atoms with Crippen LogP contribution in [-0.4, -0.2) is 61.4 Å². The average Bonchev–Trinajstić information content (AvgIpc) is 3.22. The maximum Gasteiger partial charge on any atom is 0.227 e. The second-order valence-electron chi connectivity index (χ2n) is 6.05. The molecule has 27 heavy (non-hydrogen) atoms. The van der Waals surface area contributed by atoms with Crippen molar-refractivity contribution in [2.24, 2.45) is 0 Å². The number of ether oxygens (including phenoxy) is 1. The second kappa shape index (κ2) is 8.04. The molecule has 1 aliphatic rings. The summed E-state index contributed by atoms with van der Waals surface area (Å²) in [7, 11) is 0. The predicted molar refractivity (Wildman–Crippen MR) is 99.2 cm³/mol. The molecule has 0 unspecified atom stereocenters. The number of aromatic amines is 1. The minimum atomic E-state index is 0.468. The van der Waals surface area contributed by atoms with Gasteiger partial charge < -0.3 is 15.0 Å². The Balaban J connectivity index is 1.47. The number of aromatic nitrogens is 7. The minimum absolute atomic E-state index is 0.468. The van der Waals surface area contributed by atoms with Crippen LogP contribution in [-0.2, 0) is 17.7 Å². The average molecular weight is 367 g/mol. The van der Waals surface area contributed by atoms with Gasteiger partial charge in [-0.2, -0.15) is 10.1 Å². The normalized spacial score (nSPS) is 14.3. The van der Waals surface area contributed by atoms with Crippen LogP contribution in [0.1, 0.15) is 18.4 Å². The molecular weight excluding hydrogens is 346 g/mol. The smallest absolute Gasteiger partial charge is 0.227 e. The Morgan fingerprint density at radius 3 is 2.85 bits per heavy atom. The molecule has 0 spiro atoms. The molecule has 1 aliphatic heterocycles. The number of rotatable bonds is 6. The maximum absolute atomic E-state index is 5.41. The molecule has 10 nitrogen and oxygen atoms in total. The van der Waals surface area contributed by atoms with E-state index in [1.807, 2.05) is 6.07 Å². The summed E-state index contributed by atoms with van der Waals surface area (Å²) in [5, 5.41) is 10.4. The number of nitrogens with zero attached hydrogens (tertiary/aromatic N) is 7. The first-order valence-electron chi connectivity index (χ1n) is 8.94. The fourth-order valence-corrected chi connectivity index (χ4v) is 2.74. The van der Waals surface area contributed by atoms with E-state index in [1.54, 1.807) is 18.6 Å². The summed E-state index contributed by atoms with van der Waals surface area (Å²) >= 11 is 0. The third kappa shape index (κ3) is 4.17. The summed E-state index contributed by atoms with van der Waals surface area (Å²) < 4.78 is 5.41. The zero-order valence-corrected chi connectivity index (χ0v) is 15.1. The van der Waals surface area contributed by atoms with Gasteiger partial charge in [0, 0.05) is 37.2 Å². The summed E-state index contributed by atoms with van der Waals surface area (Å²) in [6, 6.07) is 1.96. The highest BCUT2D eigenvalue weighted by atomic mass is 16.5. The van der Waals surface area contributed by atoms with Crippen LogP contribution >= 0.6 is 0 Å². The Labute approximate surface area is 156 Å². The van der Waals surface area contributed by atoms with E-state index in [-0.39, 0.29) is 0 Å². The van der Waals surface area contributed by atoms with Crippen molar-refractivity contribution < 1.29 is 4.74 Å². The lowest BCUT2D eigenvalue weighted by Crippen LogP contribution is -2.37. The van der Waals surface area contributed by atoms with Crippen LogP contribution in [0.2, 0.25) is 0 Å². The van der Waals surface area contributed by atoms with Gasteiger partial charge in [0.2, 0.25) is 11.8 Å². The third-order valence-electron chi connectivity index (χ3n) is 4.18. The molecule has 4 rings (SSSR count). The Kier molecular flexibility index (Phi) is 5.15. The molecule has 0 radical (unpaired) electrons. The summed E-state index contributed by atoms with van der Waals surface area (Å²) in [5.41, 5.74) is 1.62. The molecule has 0 amide bonds. The lowest BCUT2D eigenvalue weighted by Gasteiger charge is -2.27. The van der Waals surface area contributed by atoms with E-state index in [2.05, 4.69) is 52.3 Å². The molecule has 0 atom stereocenters. The zero-order chi connectivity index (χ0) is 18.5. The van der Waals surface area contributed by atoms with Crippen LogP contribution in [0, 0.1) is 0 Å². The van der Waals surface area contributed by atoms with Crippen LogP contribution < -0.4 is 10.2 Å². The Hall–Kier alpha value is -3.14. The number of anilines is 2. The molecule has 0 aliphatic carbocycles. The third-order valence-corrected chi connectivity index (χ3v) is 4.18. The molecule has 0 bridgehead atoms. The molecule has 1 fully saturated rings. The van der Waals surface area contributed by atoms with Gasteiger partial charge in [0.1, 0.15) is 17.3 Å². The summed E-state index contributed by atoms with van der Waals surface area (Å²) in [4.78, 5) is 24.1. The van der Waals surface area contributed by atoms with E-state index in [4.69, 9.17) is 4.74 Å². The first kappa shape index (κ1) is 17.3. The van der Waals surface area contributed by atoms with E-state index in [0.717, 1.165) is 37.0 Å². The number of hydrogen-bond donors (Lipinski definition) is 2. The van der Waals surface area contributed by atoms with E-state index in [1.165, 1.54) is 0 Å². The van der Waals surface area contributed by atoms with Crippen LogP contribution in [0.3, 0.4) is 0 Å². The van der Waals surface area contributed by atoms with Gasteiger partial charge in [-0.3, -0.25) is 10.1 Å². The lowest BCUT2D eigenvalue weighted by atomic mass is 10.3. The maximum atomic E-state index is 5.41. The van der Waals surface area contributed by atoms with Crippen LogP contribution in [0.5, 0.6) is 0 Å². The Morgan fingerprint density at radius 2 is 2.07 bits per heavy atom. The van der Waals surface area contributed by atoms with Gasteiger partial charge in [-0.25, -0.2) is 15.0 Å². The fourth-order valence-electron chi connectivity index (χ4n) is 2.74. The molecule has 3 aromatic heterocycles. The summed E-state index contributed by atoms with van der Waals surface area (Å²) in [6.45, 7) is 5.55.